The second-order valence-corrected chi connectivity index (χ2v) is 8.39. The Labute approximate surface area is 180 Å². The highest BCUT2D eigenvalue weighted by Crippen LogP contribution is 2.34. The number of hydrogen-bond donors (Lipinski definition) is 2. The number of fused-ring (bicyclic) bond motifs is 1. The number of imide groups is 1. The lowest BCUT2D eigenvalue weighted by atomic mass is 9.98. The third-order valence-corrected chi connectivity index (χ3v) is 6.26. The van der Waals surface area contributed by atoms with Crippen molar-refractivity contribution in [3.63, 3.8) is 0 Å². The number of para-hydroxylation sites is 2. The summed E-state index contributed by atoms with van der Waals surface area (Å²) in [5, 5.41) is 5.66. The second kappa shape index (κ2) is 8.56. The summed E-state index contributed by atoms with van der Waals surface area (Å²) in [6.45, 7) is 3.13. The molecule has 1 aromatic carbocycles. The molecular weight excluding hydrogens is 398 g/mol. The lowest BCUT2D eigenvalue weighted by Gasteiger charge is -2.20. The Balaban J connectivity index is 1.33. The Morgan fingerprint density at radius 2 is 1.74 bits per heavy atom. The van der Waals surface area contributed by atoms with Crippen LogP contribution in [0.4, 0.5) is 4.79 Å². The zero-order valence-corrected chi connectivity index (χ0v) is 17.9. The van der Waals surface area contributed by atoms with Crippen molar-refractivity contribution in [1.82, 2.24) is 24.7 Å². The first-order valence-corrected chi connectivity index (χ1v) is 11.1. The van der Waals surface area contributed by atoms with Crippen LogP contribution in [0.1, 0.15) is 45.4 Å². The maximum atomic E-state index is 12.8. The van der Waals surface area contributed by atoms with Crippen LogP contribution in [-0.2, 0) is 22.7 Å². The third-order valence-electron chi connectivity index (χ3n) is 6.26. The standard InChI is InChI=1S/C22H29N5O4/c1-2-13-25-16-8-3-4-9-17(16)27(21(25)31)15-18(28)23-12-7-14-26-19(29)22(24-20(26)30)10-5-6-11-22/h3-4,8-9H,2,5-7,10-15H2,1H3,(H,23,28)(H,24,30). The summed E-state index contributed by atoms with van der Waals surface area (Å²) in [7, 11) is 0. The molecule has 1 spiro atoms. The van der Waals surface area contributed by atoms with Crippen molar-refractivity contribution >= 4 is 28.9 Å². The number of benzene rings is 1. The summed E-state index contributed by atoms with van der Waals surface area (Å²) in [5.74, 6) is -0.414. The first kappa shape index (κ1) is 21.1. The Morgan fingerprint density at radius 3 is 2.42 bits per heavy atom. The molecule has 9 heteroatoms. The van der Waals surface area contributed by atoms with Crippen LogP contribution >= 0.6 is 0 Å². The number of urea groups is 1. The lowest BCUT2D eigenvalue weighted by molar-refractivity contribution is -0.131. The van der Waals surface area contributed by atoms with Gasteiger partial charge in [-0.1, -0.05) is 31.9 Å². The van der Waals surface area contributed by atoms with E-state index < -0.39 is 5.54 Å². The molecule has 9 nitrogen and oxygen atoms in total. The van der Waals surface area contributed by atoms with Crippen molar-refractivity contribution in [1.29, 1.82) is 0 Å². The predicted octanol–water partition coefficient (Wildman–Crippen LogP) is 1.58. The van der Waals surface area contributed by atoms with Gasteiger partial charge in [-0.25, -0.2) is 9.59 Å². The zero-order valence-electron chi connectivity index (χ0n) is 17.9. The molecule has 0 radical (unpaired) electrons. The average molecular weight is 428 g/mol. The summed E-state index contributed by atoms with van der Waals surface area (Å²) in [5.41, 5.74) is 0.659. The molecule has 2 aliphatic rings. The highest BCUT2D eigenvalue weighted by molar-refractivity contribution is 6.07. The molecule has 0 atom stereocenters. The van der Waals surface area contributed by atoms with Gasteiger partial charge < -0.3 is 10.6 Å². The normalized spacial score (nSPS) is 17.6. The summed E-state index contributed by atoms with van der Waals surface area (Å²) in [6, 6.07) is 7.11. The maximum Gasteiger partial charge on any atom is 0.329 e. The molecule has 4 amide bonds. The van der Waals surface area contributed by atoms with Gasteiger partial charge in [0.25, 0.3) is 5.91 Å². The SMILES string of the molecule is CCCn1c(=O)n(CC(=O)NCCCN2C(=O)NC3(CCCC3)C2=O)c2ccccc21. The Bertz CT molecular complexity index is 1060. The topological polar surface area (TPSA) is 105 Å². The molecule has 1 aliphatic heterocycles. The van der Waals surface area contributed by atoms with E-state index in [4.69, 9.17) is 0 Å². The van der Waals surface area contributed by atoms with E-state index in [1.807, 2.05) is 31.2 Å². The minimum absolute atomic E-state index is 0.0672. The van der Waals surface area contributed by atoms with Crippen LogP contribution in [0.15, 0.2) is 29.1 Å². The van der Waals surface area contributed by atoms with Crippen molar-refractivity contribution in [3.8, 4) is 0 Å². The largest absolute Gasteiger partial charge is 0.354 e. The number of carbonyl (C=O) groups excluding carboxylic acids is 3. The lowest BCUT2D eigenvalue weighted by Crippen LogP contribution is -2.44. The molecule has 1 aliphatic carbocycles. The summed E-state index contributed by atoms with van der Waals surface area (Å²) in [4.78, 5) is 51.3. The first-order valence-electron chi connectivity index (χ1n) is 11.1. The van der Waals surface area contributed by atoms with Crippen molar-refractivity contribution in [2.24, 2.45) is 0 Å². The molecule has 31 heavy (non-hydrogen) atoms. The molecule has 0 bridgehead atoms. The van der Waals surface area contributed by atoms with Gasteiger partial charge in [-0.05, 0) is 37.8 Å². The van der Waals surface area contributed by atoms with Crippen LogP contribution in [0.2, 0.25) is 0 Å². The van der Waals surface area contributed by atoms with E-state index in [0.717, 1.165) is 30.3 Å². The van der Waals surface area contributed by atoms with E-state index >= 15 is 0 Å². The molecule has 2 aromatic rings. The Kier molecular flexibility index (Phi) is 5.84. The molecular formula is C22H29N5O4. The number of carbonyl (C=O) groups is 3. The Morgan fingerprint density at radius 1 is 1.06 bits per heavy atom. The van der Waals surface area contributed by atoms with E-state index in [2.05, 4.69) is 10.6 Å². The third kappa shape index (κ3) is 3.84. The van der Waals surface area contributed by atoms with Gasteiger partial charge >= 0.3 is 11.7 Å². The monoisotopic (exact) mass is 427 g/mol. The fraction of sp³-hybridized carbons (Fsp3) is 0.545. The predicted molar refractivity (Wildman–Crippen MR) is 116 cm³/mol. The van der Waals surface area contributed by atoms with Crippen LogP contribution in [-0.4, -0.2) is 50.5 Å². The molecule has 2 heterocycles. The maximum absolute atomic E-state index is 12.8. The van der Waals surface area contributed by atoms with Gasteiger partial charge in [0.2, 0.25) is 5.91 Å². The number of amides is 4. The minimum Gasteiger partial charge on any atom is -0.354 e. The van der Waals surface area contributed by atoms with Crippen LogP contribution in [0.3, 0.4) is 0 Å². The fourth-order valence-electron chi connectivity index (χ4n) is 4.73. The van der Waals surface area contributed by atoms with Gasteiger partial charge in [0.05, 0.1) is 11.0 Å². The molecule has 2 N–H and O–H groups in total. The molecule has 1 saturated carbocycles. The summed E-state index contributed by atoms with van der Waals surface area (Å²) in [6.07, 6.45) is 4.59. The van der Waals surface area contributed by atoms with Crippen molar-refractivity contribution < 1.29 is 14.4 Å². The van der Waals surface area contributed by atoms with Gasteiger partial charge in [-0.3, -0.25) is 23.6 Å². The number of nitrogens with one attached hydrogen (secondary N) is 2. The number of aromatic nitrogens is 2. The quantitative estimate of drug-likeness (QED) is 0.493. The fourth-order valence-corrected chi connectivity index (χ4v) is 4.73. The number of imidazole rings is 1. The van der Waals surface area contributed by atoms with E-state index in [0.29, 0.717) is 32.4 Å². The van der Waals surface area contributed by atoms with E-state index in [1.165, 1.54) is 9.47 Å². The van der Waals surface area contributed by atoms with Gasteiger partial charge in [0.1, 0.15) is 12.1 Å². The van der Waals surface area contributed by atoms with Crippen LogP contribution < -0.4 is 16.3 Å². The van der Waals surface area contributed by atoms with E-state index in [9.17, 15) is 19.2 Å². The Hall–Kier alpha value is -3.10. The molecule has 4 rings (SSSR count). The number of hydrogen-bond acceptors (Lipinski definition) is 4. The molecule has 166 valence electrons. The van der Waals surface area contributed by atoms with Crippen LogP contribution in [0, 0.1) is 0 Å². The van der Waals surface area contributed by atoms with Crippen LogP contribution in [0.25, 0.3) is 11.0 Å². The van der Waals surface area contributed by atoms with Gasteiger partial charge in [0.15, 0.2) is 0 Å². The molecule has 2 fully saturated rings. The summed E-state index contributed by atoms with van der Waals surface area (Å²) < 4.78 is 3.18. The molecule has 1 saturated heterocycles. The smallest absolute Gasteiger partial charge is 0.329 e. The summed E-state index contributed by atoms with van der Waals surface area (Å²) >= 11 is 0. The zero-order chi connectivity index (χ0) is 22.0. The highest BCUT2D eigenvalue weighted by atomic mass is 16.2. The number of nitrogens with zero attached hydrogens (tertiary/aromatic N) is 3. The van der Waals surface area contributed by atoms with Crippen molar-refractivity contribution in [2.75, 3.05) is 13.1 Å². The van der Waals surface area contributed by atoms with E-state index in [-0.39, 0.29) is 36.6 Å². The molecule has 1 aromatic heterocycles. The average Bonchev–Trinajstić information content (AvgIpc) is 3.39. The number of rotatable bonds is 8. The van der Waals surface area contributed by atoms with Gasteiger partial charge in [-0.2, -0.15) is 0 Å². The van der Waals surface area contributed by atoms with E-state index in [1.54, 1.807) is 4.57 Å². The van der Waals surface area contributed by atoms with Gasteiger partial charge in [0, 0.05) is 19.6 Å². The van der Waals surface area contributed by atoms with Crippen molar-refractivity contribution in [3.05, 3.63) is 34.7 Å². The molecule has 0 unspecified atom stereocenters. The highest BCUT2D eigenvalue weighted by Gasteiger charge is 2.51. The van der Waals surface area contributed by atoms with Gasteiger partial charge in [-0.15, -0.1) is 0 Å². The first-order chi connectivity index (χ1) is 15.0. The van der Waals surface area contributed by atoms with Crippen molar-refractivity contribution in [2.45, 2.75) is 64.1 Å². The van der Waals surface area contributed by atoms with Crippen LogP contribution in [0.5, 0.6) is 0 Å². The minimum atomic E-state index is -0.700. The second-order valence-electron chi connectivity index (χ2n) is 8.39. The number of aryl methyl sites for hydroxylation is 1.